The predicted molar refractivity (Wildman–Crippen MR) is 54.7 cm³/mol. The second kappa shape index (κ2) is 4.39. The first kappa shape index (κ1) is 10.9. The molecule has 5 heteroatoms. The number of nitrogens with zero attached hydrogens (tertiary/aromatic N) is 1. The lowest BCUT2D eigenvalue weighted by atomic mass is 9.96. The van der Waals surface area contributed by atoms with Crippen LogP contribution in [0, 0.1) is 5.92 Å². The van der Waals surface area contributed by atoms with Gasteiger partial charge in [-0.3, -0.25) is 0 Å². The molecule has 0 unspecified atom stereocenters. The highest BCUT2D eigenvalue weighted by atomic mass is 32.2. The maximum absolute atomic E-state index is 11.4. The van der Waals surface area contributed by atoms with Gasteiger partial charge in [0.2, 0.25) is 0 Å². The van der Waals surface area contributed by atoms with Gasteiger partial charge in [0, 0.05) is 21.6 Å². The fourth-order valence-electron chi connectivity index (χ4n) is 1.69. The molecule has 80 valence electrons. The normalized spacial score (nSPS) is 22.0. The molecule has 0 amide bonds. The minimum atomic E-state index is -3.17. The highest BCUT2D eigenvalue weighted by molar-refractivity contribution is 7.87. The van der Waals surface area contributed by atoms with Crippen LogP contribution < -0.4 is 4.72 Å². The number of nitrogens with one attached hydrogen (secondary N) is 1. The number of piperidine rings is 1. The van der Waals surface area contributed by atoms with Crippen molar-refractivity contribution >= 4 is 10.2 Å². The van der Waals surface area contributed by atoms with Gasteiger partial charge < -0.3 is 0 Å². The monoisotopic (exact) mass is 208 g/mol. The van der Waals surface area contributed by atoms with Crippen LogP contribution in [0.25, 0.3) is 0 Å². The average Bonchev–Trinajstić information content (AvgIpc) is 2.18. The fourth-order valence-corrected chi connectivity index (χ4v) is 2.64. The van der Waals surface area contributed by atoms with Crippen molar-refractivity contribution in [1.29, 1.82) is 0 Å². The Labute approximate surface area is 82.0 Å². The minimum absolute atomic E-state index is 0. The van der Waals surface area contributed by atoms with Crippen molar-refractivity contribution in [2.45, 2.75) is 26.2 Å². The first-order valence-corrected chi connectivity index (χ1v) is 6.22. The largest absolute Gasteiger partial charge is 0.279 e. The lowest BCUT2D eigenvalue weighted by molar-refractivity contribution is 0.267. The van der Waals surface area contributed by atoms with Gasteiger partial charge in [0.05, 0.1) is 0 Å². The Morgan fingerprint density at radius 3 is 2.38 bits per heavy atom. The van der Waals surface area contributed by atoms with Gasteiger partial charge in [-0.2, -0.15) is 12.7 Å². The van der Waals surface area contributed by atoms with Crippen LogP contribution in [-0.2, 0) is 10.2 Å². The molecule has 4 nitrogen and oxygen atoms in total. The van der Waals surface area contributed by atoms with Crippen LogP contribution in [0.3, 0.4) is 0 Å². The van der Waals surface area contributed by atoms with Crippen molar-refractivity contribution in [1.82, 2.24) is 9.03 Å². The van der Waals surface area contributed by atoms with Crippen LogP contribution >= 0.6 is 0 Å². The van der Waals surface area contributed by atoms with Crippen molar-refractivity contribution in [3.8, 4) is 0 Å². The van der Waals surface area contributed by atoms with Crippen LogP contribution in [0.5, 0.6) is 0 Å². The Morgan fingerprint density at radius 2 is 2.00 bits per heavy atom. The maximum atomic E-state index is 11.4. The summed E-state index contributed by atoms with van der Waals surface area (Å²) in [6, 6.07) is 0. The highest BCUT2D eigenvalue weighted by Gasteiger charge is 2.25. The van der Waals surface area contributed by atoms with Crippen LogP contribution in [-0.4, -0.2) is 32.9 Å². The zero-order valence-corrected chi connectivity index (χ0v) is 9.10. The summed E-state index contributed by atoms with van der Waals surface area (Å²) in [5.74, 6) is 0.711. The minimum Gasteiger partial charge on any atom is -0.205 e. The molecule has 1 heterocycles. The molecule has 1 aliphatic heterocycles. The second-order valence-electron chi connectivity index (χ2n) is 3.46. The summed E-state index contributed by atoms with van der Waals surface area (Å²) in [5.41, 5.74) is 0. The van der Waals surface area contributed by atoms with E-state index in [1.807, 2.05) is 0 Å². The van der Waals surface area contributed by atoms with E-state index in [0.717, 1.165) is 19.3 Å². The molecule has 1 rings (SSSR count). The van der Waals surface area contributed by atoms with E-state index in [2.05, 4.69) is 11.6 Å². The van der Waals surface area contributed by atoms with Gasteiger partial charge in [-0.1, -0.05) is 13.3 Å². The lowest BCUT2D eigenvalue weighted by Gasteiger charge is -2.30. The van der Waals surface area contributed by atoms with Gasteiger partial charge in [0.15, 0.2) is 0 Å². The average molecular weight is 208 g/mol. The molecule has 0 aromatic heterocycles. The van der Waals surface area contributed by atoms with E-state index in [-0.39, 0.29) is 1.43 Å². The molecule has 13 heavy (non-hydrogen) atoms. The molecular formula is C8H20N2O2S. The molecule has 0 saturated carbocycles. The zero-order valence-electron chi connectivity index (χ0n) is 8.28. The number of hydrogen-bond acceptors (Lipinski definition) is 2. The summed E-state index contributed by atoms with van der Waals surface area (Å²) in [7, 11) is -1.71. The third-order valence-electron chi connectivity index (χ3n) is 2.75. The third kappa shape index (κ3) is 2.65. The predicted octanol–water partition coefficient (Wildman–Crippen LogP) is 0.819. The maximum Gasteiger partial charge on any atom is 0.279 e. The fraction of sp³-hybridized carbons (Fsp3) is 1.00. The zero-order chi connectivity index (χ0) is 9.90. The first-order valence-electron chi connectivity index (χ1n) is 4.78. The molecule has 1 saturated heterocycles. The van der Waals surface area contributed by atoms with Crippen molar-refractivity contribution in [2.24, 2.45) is 5.92 Å². The van der Waals surface area contributed by atoms with Crippen LogP contribution in [0.2, 0.25) is 0 Å². The third-order valence-corrected chi connectivity index (χ3v) is 4.31. The molecule has 0 aromatic carbocycles. The van der Waals surface area contributed by atoms with Crippen LogP contribution in [0.4, 0.5) is 0 Å². The SMILES string of the molecule is CCC1CCN(S(=O)(=O)NC)CC1.[HH]. The lowest BCUT2D eigenvalue weighted by Crippen LogP contribution is -2.43. The molecule has 1 N–H and O–H groups in total. The van der Waals surface area contributed by atoms with E-state index in [9.17, 15) is 8.42 Å². The quantitative estimate of drug-likeness (QED) is 0.746. The van der Waals surface area contributed by atoms with E-state index < -0.39 is 10.2 Å². The highest BCUT2D eigenvalue weighted by Crippen LogP contribution is 2.20. The molecular weight excluding hydrogens is 188 g/mol. The van der Waals surface area contributed by atoms with Gasteiger partial charge in [-0.05, 0) is 18.8 Å². The van der Waals surface area contributed by atoms with Gasteiger partial charge in [-0.15, -0.1) is 0 Å². The summed E-state index contributed by atoms with van der Waals surface area (Å²) in [6.07, 6.45) is 3.16. The summed E-state index contributed by atoms with van der Waals surface area (Å²) in [5, 5.41) is 0. The first-order chi connectivity index (χ1) is 6.10. The Balaban J connectivity index is 0.00000169. The molecule has 0 atom stereocenters. The molecule has 1 fully saturated rings. The molecule has 0 bridgehead atoms. The summed E-state index contributed by atoms with van der Waals surface area (Å²) >= 11 is 0. The van der Waals surface area contributed by atoms with Crippen molar-refractivity contribution < 1.29 is 9.84 Å². The van der Waals surface area contributed by atoms with E-state index in [1.165, 1.54) is 11.4 Å². The topological polar surface area (TPSA) is 49.4 Å². The summed E-state index contributed by atoms with van der Waals surface area (Å²) in [6.45, 7) is 3.50. The number of hydrogen-bond donors (Lipinski definition) is 1. The number of rotatable bonds is 3. The van der Waals surface area contributed by atoms with Crippen LogP contribution in [0.1, 0.15) is 27.6 Å². The second-order valence-corrected chi connectivity index (χ2v) is 5.33. The Morgan fingerprint density at radius 1 is 1.46 bits per heavy atom. The van der Waals surface area contributed by atoms with Gasteiger partial charge >= 0.3 is 0 Å². The standard InChI is InChI=1S/C8H18N2O2S.H2/c1-3-8-4-6-10(7-5-8)13(11,12)9-2;/h8-9H,3-7H2,1-2H3;1H. The molecule has 1 aliphatic rings. The summed E-state index contributed by atoms with van der Waals surface area (Å²) < 4.78 is 26.6. The molecule has 0 spiro atoms. The molecule has 0 radical (unpaired) electrons. The van der Waals surface area contributed by atoms with E-state index in [1.54, 1.807) is 0 Å². The molecule has 0 aliphatic carbocycles. The van der Waals surface area contributed by atoms with E-state index >= 15 is 0 Å². The Bertz CT molecular complexity index is 248. The Kier molecular flexibility index (Phi) is 3.70. The van der Waals surface area contributed by atoms with Crippen molar-refractivity contribution in [3.05, 3.63) is 0 Å². The van der Waals surface area contributed by atoms with E-state index in [4.69, 9.17) is 0 Å². The van der Waals surface area contributed by atoms with Crippen molar-refractivity contribution in [3.63, 3.8) is 0 Å². The molecule has 0 aromatic rings. The van der Waals surface area contributed by atoms with Gasteiger partial charge in [0.25, 0.3) is 10.2 Å². The summed E-state index contributed by atoms with van der Waals surface area (Å²) in [4.78, 5) is 0. The van der Waals surface area contributed by atoms with Gasteiger partial charge in [0.1, 0.15) is 0 Å². The van der Waals surface area contributed by atoms with Crippen LogP contribution in [0.15, 0.2) is 0 Å². The van der Waals surface area contributed by atoms with Gasteiger partial charge in [-0.25, -0.2) is 4.72 Å². The van der Waals surface area contributed by atoms with E-state index in [0.29, 0.717) is 19.0 Å². The smallest absolute Gasteiger partial charge is 0.205 e. The Hall–Kier alpha value is -0.130. The van der Waals surface area contributed by atoms with Crippen molar-refractivity contribution in [2.75, 3.05) is 20.1 Å².